The average Bonchev–Trinajstić information content (AvgIpc) is 2.47. The Balaban J connectivity index is 1.58. The zero-order valence-corrected chi connectivity index (χ0v) is 12.8. The molecule has 0 bridgehead atoms. The Bertz CT molecular complexity index is 244. The van der Waals surface area contributed by atoms with Gasteiger partial charge in [-0.25, -0.2) is 0 Å². The summed E-state index contributed by atoms with van der Waals surface area (Å²) in [7, 11) is 0. The first-order valence-electron chi connectivity index (χ1n) is 8.56. The monoisotopic (exact) mass is 264 g/mol. The minimum absolute atomic E-state index is 0.546. The Morgan fingerprint density at radius 2 is 1.58 bits per heavy atom. The lowest BCUT2D eigenvalue weighted by atomic mass is 9.80. The van der Waals surface area contributed by atoms with E-state index in [2.05, 4.69) is 19.6 Å². The number of hydrogen-bond acceptors (Lipinski definition) is 1. The second kappa shape index (κ2) is 8.09. The fourth-order valence-electron chi connectivity index (χ4n) is 3.86. The first-order chi connectivity index (χ1) is 9.31. The summed E-state index contributed by atoms with van der Waals surface area (Å²) in [5, 5.41) is 0. The lowest BCUT2D eigenvalue weighted by Crippen LogP contribution is -2.25. The van der Waals surface area contributed by atoms with Crippen molar-refractivity contribution in [2.24, 2.45) is 17.8 Å². The molecule has 1 nitrogen and oxygen atoms in total. The summed E-state index contributed by atoms with van der Waals surface area (Å²) in [6, 6.07) is 0. The van der Waals surface area contributed by atoms with E-state index < -0.39 is 0 Å². The van der Waals surface area contributed by atoms with Gasteiger partial charge in [-0.2, -0.15) is 0 Å². The number of ether oxygens (including phenoxy) is 1. The molecule has 2 rings (SSSR count). The minimum atomic E-state index is 0.546. The van der Waals surface area contributed by atoms with Crippen LogP contribution < -0.4 is 0 Å². The molecule has 0 atom stereocenters. The predicted octanol–water partition coefficient (Wildman–Crippen LogP) is 5.35. The molecule has 0 aromatic rings. The van der Waals surface area contributed by atoms with Gasteiger partial charge in [-0.05, 0) is 56.3 Å². The molecule has 0 aromatic carbocycles. The summed E-state index contributed by atoms with van der Waals surface area (Å²) in [5.74, 6) is 2.62. The SMILES string of the molecule is C=CC1CCC(OCC2CCC(CCC)CC2)CC1. The first kappa shape index (κ1) is 15.1. The normalized spacial score (nSPS) is 36.1. The van der Waals surface area contributed by atoms with Gasteiger partial charge in [0, 0.05) is 6.61 Å². The molecule has 0 aliphatic heterocycles. The van der Waals surface area contributed by atoms with Crippen molar-refractivity contribution in [3.05, 3.63) is 12.7 Å². The molecular formula is C18H32O. The van der Waals surface area contributed by atoms with Crippen molar-refractivity contribution in [1.82, 2.24) is 0 Å². The molecule has 2 aliphatic carbocycles. The van der Waals surface area contributed by atoms with Crippen molar-refractivity contribution in [3.8, 4) is 0 Å². The standard InChI is InChI=1S/C18H32O/c1-3-5-16-6-8-17(9-7-16)14-19-18-12-10-15(4-2)11-13-18/h4,15-18H,2-3,5-14H2,1H3. The van der Waals surface area contributed by atoms with E-state index in [1.165, 1.54) is 64.2 Å². The highest BCUT2D eigenvalue weighted by Gasteiger charge is 2.24. The van der Waals surface area contributed by atoms with E-state index in [1.807, 2.05) is 0 Å². The maximum absolute atomic E-state index is 6.18. The second-order valence-corrected chi connectivity index (χ2v) is 6.78. The van der Waals surface area contributed by atoms with Crippen LogP contribution in [-0.4, -0.2) is 12.7 Å². The summed E-state index contributed by atoms with van der Waals surface area (Å²) >= 11 is 0. The third-order valence-corrected chi connectivity index (χ3v) is 5.28. The van der Waals surface area contributed by atoms with E-state index in [0.717, 1.165) is 24.4 Å². The molecule has 2 saturated carbocycles. The van der Waals surface area contributed by atoms with Crippen LogP contribution in [-0.2, 0) is 4.74 Å². The smallest absolute Gasteiger partial charge is 0.0575 e. The largest absolute Gasteiger partial charge is 0.378 e. The zero-order valence-electron chi connectivity index (χ0n) is 12.8. The number of allylic oxidation sites excluding steroid dienone is 1. The van der Waals surface area contributed by atoms with Crippen molar-refractivity contribution in [3.63, 3.8) is 0 Å². The third kappa shape index (κ3) is 4.95. The summed E-state index contributed by atoms with van der Waals surface area (Å²) in [5.41, 5.74) is 0. The molecule has 0 radical (unpaired) electrons. The van der Waals surface area contributed by atoms with E-state index in [4.69, 9.17) is 4.74 Å². The number of rotatable bonds is 6. The van der Waals surface area contributed by atoms with Crippen LogP contribution in [0.5, 0.6) is 0 Å². The molecule has 110 valence electrons. The Morgan fingerprint density at radius 1 is 0.947 bits per heavy atom. The zero-order chi connectivity index (χ0) is 13.5. The van der Waals surface area contributed by atoms with Gasteiger partial charge >= 0.3 is 0 Å². The molecule has 0 unspecified atom stereocenters. The van der Waals surface area contributed by atoms with Crippen molar-refractivity contribution in [1.29, 1.82) is 0 Å². The summed E-state index contributed by atoms with van der Waals surface area (Å²) in [6.07, 6.45) is 16.3. The van der Waals surface area contributed by atoms with Crippen LogP contribution in [0.2, 0.25) is 0 Å². The predicted molar refractivity (Wildman–Crippen MR) is 82.3 cm³/mol. The quantitative estimate of drug-likeness (QED) is 0.587. The van der Waals surface area contributed by atoms with Gasteiger partial charge in [-0.1, -0.05) is 38.7 Å². The van der Waals surface area contributed by atoms with Gasteiger partial charge in [-0.3, -0.25) is 0 Å². The van der Waals surface area contributed by atoms with Gasteiger partial charge in [0.05, 0.1) is 6.10 Å². The van der Waals surface area contributed by atoms with E-state index in [9.17, 15) is 0 Å². The first-order valence-corrected chi connectivity index (χ1v) is 8.56. The summed E-state index contributed by atoms with van der Waals surface area (Å²) in [6.45, 7) is 7.25. The van der Waals surface area contributed by atoms with E-state index >= 15 is 0 Å². The van der Waals surface area contributed by atoms with Crippen LogP contribution in [0.4, 0.5) is 0 Å². The highest BCUT2D eigenvalue weighted by molar-refractivity contribution is 4.84. The van der Waals surface area contributed by atoms with Gasteiger partial charge in [0.25, 0.3) is 0 Å². The third-order valence-electron chi connectivity index (χ3n) is 5.28. The van der Waals surface area contributed by atoms with Crippen molar-refractivity contribution in [2.75, 3.05) is 6.61 Å². The van der Waals surface area contributed by atoms with Crippen LogP contribution >= 0.6 is 0 Å². The van der Waals surface area contributed by atoms with Crippen LogP contribution in [0, 0.1) is 17.8 Å². The Hall–Kier alpha value is -0.300. The highest BCUT2D eigenvalue weighted by atomic mass is 16.5. The molecular weight excluding hydrogens is 232 g/mol. The molecule has 0 N–H and O–H groups in total. The van der Waals surface area contributed by atoms with Gasteiger partial charge in [-0.15, -0.1) is 6.58 Å². The highest BCUT2D eigenvalue weighted by Crippen LogP contribution is 2.33. The summed E-state index contributed by atoms with van der Waals surface area (Å²) in [4.78, 5) is 0. The van der Waals surface area contributed by atoms with Gasteiger partial charge in [0.1, 0.15) is 0 Å². The molecule has 2 aliphatic rings. The Kier molecular flexibility index (Phi) is 6.43. The Morgan fingerprint density at radius 3 is 2.16 bits per heavy atom. The lowest BCUT2D eigenvalue weighted by molar-refractivity contribution is -0.00657. The minimum Gasteiger partial charge on any atom is -0.378 e. The maximum Gasteiger partial charge on any atom is 0.0575 e. The average molecular weight is 264 g/mol. The molecule has 0 aromatic heterocycles. The molecule has 19 heavy (non-hydrogen) atoms. The van der Waals surface area contributed by atoms with Gasteiger partial charge in [0.15, 0.2) is 0 Å². The van der Waals surface area contributed by atoms with Gasteiger partial charge in [0.2, 0.25) is 0 Å². The lowest BCUT2D eigenvalue weighted by Gasteiger charge is -2.31. The van der Waals surface area contributed by atoms with E-state index in [-0.39, 0.29) is 0 Å². The maximum atomic E-state index is 6.18. The van der Waals surface area contributed by atoms with Crippen molar-refractivity contribution >= 4 is 0 Å². The molecule has 0 heterocycles. The van der Waals surface area contributed by atoms with Crippen molar-refractivity contribution in [2.45, 2.75) is 77.2 Å². The molecule has 0 saturated heterocycles. The van der Waals surface area contributed by atoms with Crippen LogP contribution in [0.15, 0.2) is 12.7 Å². The van der Waals surface area contributed by atoms with E-state index in [1.54, 1.807) is 0 Å². The molecule has 2 fully saturated rings. The molecule has 1 heteroatoms. The fraction of sp³-hybridized carbons (Fsp3) is 0.889. The van der Waals surface area contributed by atoms with Crippen LogP contribution in [0.25, 0.3) is 0 Å². The summed E-state index contributed by atoms with van der Waals surface area (Å²) < 4.78 is 6.18. The fourth-order valence-corrected chi connectivity index (χ4v) is 3.86. The van der Waals surface area contributed by atoms with Gasteiger partial charge < -0.3 is 4.74 Å². The Labute approximate surface area is 119 Å². The van der Waals surface area contributed by atoms with Crippen LogP contribution in [0.3, 0.4) is 0 Å². The molecule has 0 amide bonds. The van der Waals surface area contributed by atoms with Crippen LogP contribution in [0.1, 0.15) is 71.1 Å². The number of hydrogen-bond donors (Lipinski definition) is 0. The topological polar surface area (TPSA) is 9.23 Å². The second-order valence-electron chi connectivity index (χ2n) is 6.78. The van der Waals surface area contributed by atoms with Crippen molar-refractivity contribution < 1.29 is 4.74 Å². The molecule has 0 spiro atoms. The van der Waals surface area contributed by atoms with E-state index in [0.29, 0.717) is 6.10 Å².